The second-order valence-corrected chi connectivity index (χ2v) is 11.9. The summed E-state index contributed by atoms with van der Waals surface area (Å²) in [4.78, 5) is 43.7. The molecular formula is C31H31FN6O6S. The lowest BCUT2D eigenvalue weighted by Gasteiger charge is -2.25. The van der Waals surface area contributed by atoms with Crippen LogP contribution < -0.4 is 14.8 Å². The monoisotopic (exact) mass is 634 g/mol. The third-order valence-corrected chi connectivity index (χ3v) is 7.48. The van der Waals surface area contributed by atoms with Gasteiger partial charge in [-0.2, -0.15) is 0 Å². The SMILES string of the molecule is COc1cnc2c(-c3nc4cc(F)c(OCCOC(=O)Nc5ccc(C(=O)N(C)CC(C)(C)O)nc5)cc4s3)cc(C)cc2n1. The van der Waals surface area contributed by atoms with Crippen LogP contribution in [-0.2, 0) is 4.74 Å². The van der Waals surface area contributed by atoms with Crippen LogP contribution in [0.5, 0.6) is 11.6 Å². The molecule has 5 aromatic rings. The maximum absolute atomic E-state index is 14.9. The van der Waals surface area contributed by atoms with Crippen LogP contribution >= 0.6 is 11.3 Å². The molecule has 0 saturated carbocycles. The molecule has 0 radical (unpaired) electrons. The number of aliphatic hydroxyl groups is 1. The van der Waals surface area contributed by atoms with Crippen LogP contribution in [-0.4, -0.2) is 81.5 Å². The molecule has 3 aromatic heterocycles. The first-order valence-electron chi connectivity index (χ1n) is 13.8. The van der Waals surface area contributed by atoms with Gasteiger partial charge in [-0.05, 0) is 50.6 Å². The highest BCUT2D eigenvalue weighted by Crippen LogP contribution is 2.37. The normalized spacial score (nSPS) is 11.4. The second kappa shape index (κ2) is 13.0. The standard InChI is InChI=1S/C31H31FN6O6S/c1-17-10-19(27-23(11-17)36-26(42-5)15-34-27)28-37-22-12-20(32)24(13-25(22)45-28)43-8-9-44-30(40)35-18-6-7-21(33-14-18)29(39)38(4)16-31(2,3)41/h6-7,10-15,41H,8-9,16H2,1-5H3,(H,35,40). The van der Waals surface area contributed by atoms with Gasteiger partial charge in [0, 0.05) is 31.3 Å². The summed E-state index contributed by atoms with van der Waals surface area (Å²) in [6, 6.07) is 9.69. The molecule has 234 valence electrons. The highest BCUT2D eigenvalue weighted by molar-refractivity contribution is 7.21. The fraction of sp³-hybridized carbons (Fsp3) is 0.290. The van der Waals surface area contributed by atoms with E-state index in [-0.39, 0.29) is 37.1 Å². The van der Waals surface area contributed by atoms with Gasteiger partial charge in [-0.3, -0.25) is 10.1 Å². The molecule has 0 aliphatic heterocycles. The first kappa shape index (κ1) is 31.5. The van der Waals surface area contributed by atoms with Crippen molar-refractivity contribution in [3.63, 3.8) is 0 Å². The van der Waals surface area contributed by atoms with Gasteiger partial charge in [0.05, 0.1) is 52.0 Å². The van der Waals surface area contributed by atoms with Gasteiger partial charge in [-0.1, -0.05) is 0 Å². The number of ether oxygens (including phenoxy) is 3. The quantitative estimate of drug-likeness (QED) is 0.196. The number of amides is 2. The average molecular weight is 635 g/mol. The lowest BCUT2D eigenvalue weighted by atomic mass is 10.1. The zero-order chi connectivity index (χ0) is 32.3. The van der Waals surface area contributed by atoms with Crippen molar-refractivity contribution < 1.29 is 33.3 Å². The van der Waals surface area contributed by atoms with Crippen LogP contribution in [0.25, 0.3) is 31.8 Å². The number of carbonyl (C=O) groups is 2. The topological polar surface area (TPSA) is 149 Å². The number of rotatable bonds is 10. The number of carbonyl (C=O) groups excluding carboxylic acids is 2. The van der Waals surface area contributed by atoms with Crippen LogP contribution in [0.15, 0.2) is 48.8 Å². The lowest BCUT2D eigenvalue weighted by Crippen LogP contribution is -2.40. The van der Waals surface area contributed by atoms with Crippen LogP contribution in [0.1, 0.15) is 29.9 Å². The summed E-state index contributed by atoms with van der Waals surface area (Å²) in [6.45, 7) is 5.02. The van der Waals surface area contributed by atoms with Crippen LogP contribution in [0, 0.1) is 12.7 Å². The Morgan fingerprint density at radius 2 is 1.87 bits per heavy atom. The summed E-state index contributed by atoms with van der Waals surface area (Å²) in [5, 5.41) is 13.1. The zero-order valence-corrected chi connectivity index (χ0v) is 26.1. The van der Waals surface area contributed by atoms with E-state index in [2.05, 4.69) is 25.3 Å². The predicted octanol–water partition coefficient (Wildman–Crippen LogP) is 5.23. The number of hydrogen-bond acceptors (Lipinski definition) is 11. The molecule has 0 fully saturated rings. The van der Waals surface area contributed by atoms with Crippen molar-refractivity contribution in [1.29, 1.82) is 0 Å². The van der Waals surface area contributed by atoms with E-state index in [0.29, 0.717) is 37.8 Å². The van der Waals surface area contributed by atoms with Crippen molar-refractivity contribution >= 4 is 50.3 Å². The third-order valence-electron chi connectivity index (χ3n) is 6.42. The molecular weight excluding hydrogens is 603 g/mol. The number of likely N-dealkylation sites (N-methyl/N-ethyl adjacent to an activating group) is 1. The number of nitrogens with zero attached hydrogens (tertiary/aromatic N) is 5. The smallest absolute Gasteiger partial charge is 0.411 e. The number of benzene rings is 2. The Labute approximate surface area is 261 Å². The molecule has 45 heavy (non-hydrogen) atoms. The van der Waals surface area contributed by atoms with Gasteiger partial charge >= 0.3 is 6.09 Å². The van der Waals surface area contributed by atoms with Gasteiger partial charge in [-0.25, -0.2) is 29.1 Å². The molecule has 0 atom stereocenters. The highest BCUT2D eigenvalue weighted by atomic mass is 32.1. The lowest BCUT2D eigenvalue weighted by molar-refractivity contribution is 0.0365. The number of thiazole rings is 1. The summed E-state index contributed by atoms with van der Waals surface area (Å²) in [7, 11) is 3.09. The minimum absolute atomic E-state index is 0.000606. The number of aromatic nitrogens is 4. The summed E-state index contributed by atoms with van der Waals surface area (Å²) >= 11 is 1.37. The highest BCUT2D eigenvalue weighted by Gasteiger charge is 2.21. The summed E-state index contributed by atoms with van der Waals surface area (Å²) in [5.41, 5.74) is 2.95. The predicted molar refractivity (Wildman–Crippen MR) is 167 cm³/mol. The minimum Gasteiger partial charge on any atom is -0.487 e. The Hall–Kier alpha value is -4.95. The minimum atomic E-state index is -1.05. The van der Waals surface area contributed by atoms with Crippen LogP contribution in [0.4, 0.5) is 14.9 Å². The molecule has 2 aromatic carbocycles. The number of hydrogen-bond donors (Lipinski definition) is 2. The number of methoxy groups -OCH3 is 1. The molecule has 2 amide bonds. The van der Waals surface area contributed by atoms with Crippen molar-refractivity contribution in [1.82, 2.24) is 24.8 Å². The van der Waals surface area contributed by atoms with Gasteiger partial charge in [-0.15, -0.1) is 11.3 Å². The maximum atomic E-state index is 14.9. The summed E-state index contributed by atoms with van der Waals surface area (Å²) in [6.07, 6.45) is 2.09. The Morgan fingerprint density at radius 3 is 2.58 bits per heavy atom. The number of aryl methyl sites for hydroxylation is 1. The first-order valence-corrected chi connectivity index (χ1v) is 14.6. The fourth-order valence-corrected chi connectivity index (χ4v) is 5.54. The van der Waals surface area contributed by atoms with E-state index in [1.54, 1.807) is 33.2 Å². The van der Waals surface area contributed by atoms with Crippen molar-refractivity contribution in [3.05, 3.63) is 65.9 Å². The second-order valence-electron chi connectivity index (χ2n) is 10.9. The molecule has 0 aliphatic rings. The summed E-state index contributed by atoms with van der Waals surface area (Å²) < 4.78 is 31.5. The fourth-order valence-electron chi connectivity index (χ4n) is 4.55. The summed E-state index contributed by atoms with van der Waals surface area (Å²) in [5.74, 6) is -0.570. The van der Waals surface area contributed by atoms with Gasteiger partial charge in [0.25, 0.3) is 5.91 Å². The number of nitrogens with one attached hydrogen (secondary N) is 1. The van der Waals surface area contributed by atoms with Crippen LogP contribution in [0.3, 0.4) is 0 Å². The molecule has 3 heterocycles. The Kier molecular flexibility index (Phi) is 9.06. The van der Waals surface area contributed by atoms with Gasteiger partial charge in [0.15, 0.2) is 11.6 Å². The van der Waals surface area contributed by atoms with Crippen LogP contribution in [0.2, 0.25) is 0 Å². The van der Waals surface area contributed by atoms with E-state index < -0.39 is 17.5 Å². The molecule has 0 unspecified atom stereocenters. The van der Waals surface area contributed by atoms with Crippen molar-refractivity contribution in [2.24, 2.45) is 0 Å². The molecule has 0 spiro atoms. The first-order chi connectivity index (χ1) is 21.4. The Bertz CT molecular complexity index is 1880. The average Bonchev–Trinajstić information content (AvgIpc) is 3.40. The number of fused-ring (bicyclic) bond motifs is 2. The Balaban J connectivity index is 1.17. The van der Waals surface area contributed by atoms with Gasteiger partial charge in [0.1, 0.15) is 23.9 Å². The Morgan fingerprint density at radius 1 is 1.07 bits per heavy atom. The molecule has 12 nitrogen and oxygen atoms in total. The van der Waals surface area contributed by atoms with E-state index in [4.69, 9.17) is 14.2 Å². The van der Waals surface area contributed by atoms with Gasteiger partial charge in [0.2, 0.25) is 5.88 Å². The molecule has 0 saturated heterocycles. The third kappa shape index (κ3) is 7.59. The largest absolute Gasteiger partial charge is 0.487 e. The van der Waals surface area contributed by atoms with E-state index in [9.17, 15) is 19.1 Å². The van der Waals surface area contributed by atoms with Crippen molar-refractivity contribution in [2.45, 2.75) is 26.4 Å². The van der Waals surface area contributed by atoms with E-state index >= 15 is 0 Å². The number of anilines is 1. The zero-order valence-electron chi connectivity index (χ0n) is 25.3. The molecule has 14 heteroatoms. The van der Waals surface area contributed by atoms with E-state index in [0.717, 1.165) is 11.1 Å². The van der Waals surface area contributed by atoms with Crippen molar-refractivity contribution in [2.75, 3.05) is 39.2 Å². The van der Waals surface area contributed by atoms with Gasteiger partial charge < -0.3 is 24.2 Å². The van der Waals surface area contributed by atoms with Crippen molar-refractivity contribution in [3.8, 4) is 22.2 Å². The molecule has 0 bridgehead atoms. The number of halogens is 1. The molecule has 0 aliphatic carbocycles. The molecule has 2 N–H and O–H groups in total. The van der Waals surface area contributed by atoms with E-state index in [1.807, 2.05) is 19.1 Å². The molecule has 5 rings (SSSR count). The van der Waals surface area contributed by atoms with E-state index in [1.165, 1.54) is 47.7 Å². The number of pyridine rings is 1. The maximum Gasteiger partial charge on any atom is 0.411 e.